The van der Waals surface area contributed by atoms with Gasteiger partial charge in [-0.15, -0.1) is 0 Å². The van der Waals surface area contributed by atoms with E-state index in [2.05, 4.69) is 13.8 Å². The molecule has 1 aromatic rings. The molecule has 0 aliphatic rings. The number of hydrogen-bond donors (Lipinski definition) is 2. The van der Waals surface area contributed by atoms with Gasteiger partial charge >= 0.3 is 0 Å². The van der Waals surface area contributed by atoms with E-state index in [1.807, 2.05) is 25.1 Å². The molecule has 1 unspecified atom stereocenters. The van der Waals surface area contributed by atoms with Gasteiger partial charge < -0.3 is 10.8 Å². The number of rotatable bonds is 5. The highest BCUT2D eigenvalue weighted by molar-refractivity contribution is 5.37. The van der Waals surface area contributed by atoms with Crippen molar-refractivity contribution in [3.05, 3.63) is 29.8 Å². The van der Waals surface area contributed by atoms with Crippen LogP contribution in [-0.4, -0.2) is 11.1 Å². The Morgan fingerprint density at radius 2 is 1.94 bits per heavy atom. The number of nitrogens with two attached hydrogens (primary N) is 1. The standard InChI is InChI=1S/C14H23NO/c1-11(15)7-6-10-14(2,3)12-8-4-5-9-13(12)16/h4-5,8-9,11,16H,6-7,10,15H2,1-3H3. The van der Waals surface area contributed by atoms with E-state index in [4.69, 9.17) is 5.73 Å². The lowest BCUT2D eigenvalue weighted by Crippen LogP contribution is -2.20. The van der Waals surface area contributed by atoms with E-state index in [1.54, 1.807) is 6.07 Å². The summed E-state index contributed by atoms with van der Waals surface area (Å²) in [4.78, 5) is 0. The highest BCUT2D eigenvalue weighted by Crippen LogP contribution is 2.34. The van der Waals surface area contributed by atoms with Crippen LogP contribution in [0.25, 0.3) is 0 Å². The van der Waals surface area contributed by atoms with Crippen molar-refractivity contribution in [2.75, 3.05) is 0 Å². The number of phenolic OH excluding ortho intramolecular Hbond substituents is 1. The van der Waals surface area contributed by atoms with Crippen molar-refractivity contribution < 1.29 is 5.11 Å². The first kappa shape index (κ1) is 13.0. The molecule has 0 aromatic heterocycles. The summed E-state index contributed by atoms with van der Waals surface area (Å²) in [6, 6.07) is 7.85. The zero-order valence-corrected chi connectivity index (χ0v) is 10.5. The lowest BCUT2D eigenvalue weighted by Gasteiger charge is -2.26. The van der Waals surface area contributed by atoms with Crippen molar-refractivity contribution in [2.45, 2.75) is 51.5 Å². The van der Waals surface area contributed by atoms with Crippen molar-refractivity contribution in [1.82, 2.24) is 0 Å². The Morgan fingerprint density at radius 3 is 2.50 bits per heavy atom. The zero-order valence-electron chi connectivity index (χ0n) is 10.5. The molecule has 2 nitrogen and oxygen atoms in total. The maximum absolute atomic E-state index is 9.83. The molecule has 0 saturated carbocycles. The Balaban J connectivity index is 2.66. The van der Waals surface area contributed by atoms with E-state index < -0.39 is 0 Å². The van der Waals surface area contributed by atoms with Crippen molar-refractivity contribution >= 4 is 0 Å². The molecule has 1 rings (SSSR count). The fraction of sp³-hybridized carbons (Fsp3) is 0.571. The second kappa shape index (κ2) is 5.35. The van der Waals surface area contributed by atoms with Gasteiger partial charge in [-0.1, -0.05) is 38.5 Å². The summed E-state index contributed by atoms with van der Waals surface area (Å²) in [6.45, 7) is 6.37. The van der Waals surface area contributed by atoms with Crippen LogP contribution >= 0.6 is 0 Å². The third-order valence-corrected chi connectivity index (χ3v) is 3.09. The largest absolute Gasteiger partial charge is 0.508 e. The smallest absolute Gasteiger partial charge is 0.119 e. The Kier molecular flexibility index (Phi) is 4.36. The molecule has 0 radical (unpaired) electrons. The fourth-order valence-corrected chi connectivity index (χ4v) is 2.05. The lowest BCUT2D eigenvalue weighted by molar-refractivity contribution is 0.403. The minimum atomic E-state index is 0.0141. The third-order valence-electron chi connectivity index (χ3n) is 3.09. The normalized spacial score (nSPS) is 13.8. The molecular formula is C14H23NO. The molecule has 0 fully saturated rings. The van der Waals surface area contributed by atoms with E-state index in [0.29, 0.717) is 5.75 Å². The molecule has 0 aliphatic heterocycles. The molecule has 0 saturated heterocycles. The average Bonchev–Trinajstić information content (AvgIpc) is 2.17. The Hall–Kier alpha value is -1.02. The van der Waals surface area contributed by atoms with Crippen molar-refractivity contribution in [2.24, 2.45) is 5.73 Å². The molecule has 16 heavy (non-hydrogen) atoms. The maximum Gasteiger partial charge on any atom is 0.119 e. The Morgan fingerprint density at radius 1 is 1.31 bits per heavy atom. The molecule has 1 aromatic carbocycles. The van der Waals surface area contributed by atoms with E-state index in [1.165, 1.54) is 0 Å². The first-order chi connectivity index (χ1) is 7.43. The molecule has 1 atom stereocenters. The van der Waals surface area contributed by atoms with Crippen molar-refractivity contribution in [3.8, 4) is 5.75 Å². The Bertz CT molecular complexity index is 331. The molecule has 0 aliphatic carbocycles. The summed E-state index contributed by atoms with van der Waals surface area (Å²) in [7, 11) is 0. The quantitative estimate of drug-likeness (QED) is 0.802. The van der Waals surface area contributed by atoms with Crippen LogP contribution < -0.4 is 5.73 Å². The number of benzene rings is 1. The first-order valence-corrected chi connectivity index (χ1v) is 5.97. The highest BCUT2D eigenvalue weighted by Gasteiger charge is 2.22. The van der Waals surface area contributed by atoms with Gasteiger partial charge in [-0.25, -0.2) is 0 Å². The van der Waals surface area contributed by atoms with Gasteiger partial charge in [0.15, 0.2) is 0 Å². The predicted octanol–water partition coefficient (Wildman–Crippen LogP) is 3.19. The van der Waals surface area contributed by atoms with Crippen LogP contribution in [-0.2, 0) is 5.41 Å². The van der Waals surface area contributed by atoms with Gasteiger partial charge in [0.05, 0.1) is 0 Å². The average molecular weight is 221 g/mol. The molecule has 0 heterocycles. The van der Waals surface area contributed by atoms with Gasteiger partial charge in [-0.05, 0) is 36.8 Å². The Labute approximate surface area is 98.5 Å². The van der Waals surface area contributed by atoms with Crippen LogP contribution in [0.3, 0.4) is 0 Å². The second-order valence-electron chi connectivity index (χ2n) is 5.27. The van der Waals surface area contributed by atoms with Gasteiger partial charge in [-0.2, -0.15) is 0 Å². The summed E-state index contributed by atoms with van der Waals surface area (Å²) in [5, 5.41) is 9.83. The van der Waals surface area contributed by atoms with E-state index in [-0.39, 0.29) is 11.5 Å². The minimum absolute atomic E-state index is 0.0141. The van der Waals surface area contributed by atoms with E-state index in [0.717, 1.165) is 24.8 Å². The van der Waals surface area contributed by atoms with Crippen LogP contribution in [0.2, 0.25) is 0 Å². The topological polar surface area (TPSA) is 46.2 Å². The van der Waals surface area contributed by atoms with Gasteiger partial charge in [0.1, 0.15) is 5.75 Å². The van der Waals surface area contributed by atoms with Gasteiger partial charge in [0.2, 0.25) is 0 Å². The molecule has 0 bridgehead atoms. The van der Waals surface area contributed by atoms with Crippen molar-refractivity contribution in [3.63, 3.8) is 0 Å². The highest BCUT2D eigenvalue weighted by atomic mass is 16.3. The van der Waals surface area contributed by atoms with Crippen LogP contribution in [0.4, 0.5) is 0 Å². The van der Waals surface area contributed by atoms with Crippen LogP contribution in [0.1, 0.15) is 45.6 Å². The SMILES string of the molecule is CC(N)CCCC(C)(C)c1ccccc1O. The molecule has 0 spiro atoms. The molecule has 90 valence electrons. The third kappa shape index (κ3) is 3.53. The molecule has 0 amide bonds. The zero-order chi connectivity index (χ0) is 12.2. The van der Waals surface area contributed by atoms with Crippen LogP contribution in [0.15, 0.2) is 24.3 Å². The second-order valence-corrected chi connectivity index (χ2v) is 5.27. The summed E-state index contributed by atoms with van der Waals surface area (Å²) < 4.78 is 0. The van der Waals surface area contributed by atoms with E-state index in [9.17, 15) is 5.11 Å². The van der Waals surface area contributed by atoms with Gasteiger partial charge in [0, 0.05) is 6.04 Å². The number of para-hydroxylation sites is 1. The molecule has 2 heteroatoms. The lowest BCUT2D eigenvalue weighted by atomic mass is 9.79. The molecule has 3 N–H and O–H groups in total. The fourth-order valence-electron chi connectivity index (χ4n) is 2.05. The molecular weight excluding hydrogens is 198 g/mol. The van der Waals surface area contributed by atoms with E-state index >= 15 is 0 Å². The first-order valence-electron chi connectivity index (χ1n) is 5.97. The summed E-state index contributed by atoms with van der Waals surface area (Å²) in [6.07, 6.45) is 3.18. The van der Waals surface area contributed by atoms with Gasteiger partial charge in [0.25, 0.3) is 0 Å². The monoisotopic (exact) mass is 221 g/mol. The summed E-state index contributed by atoms with van der Waals surface area (Å²) >= 11 is 0. The minimum Gasteiger partial charge on any atom is -0.508 e. The predicted molar refractivity (Wildman–Crippen MR) is 68.6 cm³/mol. The van der Waals surface area contributed by atoms with Crippen LogP contribution in [0, 0.1) is 0 Å². The maximum atomic E-state index is 9.83. The summed E-state index contributed by atoms with van der Waals surface area (Å²) in [5.41, 5.74) is 6.78. The number of hydrogen-bond acceptors (Lipinski definition) is 2. The van der Waals surface area contributed by atoms with Crippen molar-refractivity contribution in [1.29, 1.82) is 0 Å². The van der Waals surface area contributed by atoms with Crippen LogP contribution in [0.5, 0.6) is 5.75 Å². The number of phenols is 1. The number of aromatic hydroxyl groups is 1. The summed E-state index contributed by atoms with van der Waals surface area (Å²) in [5.74, 6) is 0.397. The van der Waals surface area contributed by atoms with Gasteiger partial charge in [-0.3, -0.25) is 0 Å².